The van der Waals surface area contributed by atoms with Gasteiger partial charge >= 0.3 is 0 Å². The van der Waals surface area contributed by atoms with Crippen molar-refractivity contribution in [3.8, 4) is 5.75 Å². The molecular formula is C17H17BrClNO. The van der Waals surface area contributed by atoms with E-state index in [1.807, 2.05) is 36.4 Å². The molecule has 21 heavy (non-hydrogen) atoms. The van der Waals surface area contributed by atoms with Gasteiger partial charge in [0.25, 0.3) is 0 Å². The average Bonchev–Trinajstić information content (AvgIpc) is 3.30. The minimum atomic E-state index is 0.551. The van der Waals surface area contributed by atoms with Crippen LogP contribution in [0.2, 0.25) is 5.02 Å². The predicted octanol–water partition coefficient (Wildman–Crippen LogP) is 4.93. The lowest BCUT2D eigenvalue weighted by Crippen LogP contribution is -2.16. The summed E-state index contributed by atoms with van der Waals surface area (Å²) in [6.45, 7) is 1.40. The van der Waals surface area contributed by atoms with Crippen LogP contribution >= 0.6 is 27.5 Å². The van der Waals surface area contributed by atoms with Crippen molar-refractivity contribution < 1.29 is 4.74 Å². The lowest BCUT2D eigenvalue weighted by atomic mass is 10.2. The van der Waals surface area contributed by atoms with E-state index in [0.717, 1.165) is 27.4 Å². The molecule has 0 unspecified atom stereocenters. The summed E-state index contributed by atoms with van der Waals surface area (Å²) in [5.74, 6) is 0.932. The Morgan fingerprint density at radius 3 is 2.62 bits per heavy atom. The van der Waals surface area contributed by atoms with Crippen molar-refractivity contribution in [1.29, 1.82) is 0 Å². The third-order valence-corrected chi connectivity index (χ3v) is 4.23. The number of benzene rings is 2. The molecule has 0 aromatic heterocycles. The van der Waals surface area contributed by atoms with Gasteiger partial charge in [0.05, 0.1) is 0 Å². The van der Waals surface area contributed by atoms with Gasteiger partial charge in [-0.1, -0.05) is 39.7 Å². The van der Waals surface area contributed by atoms with Crippen molar-refractivity contribution in [2.24, 2.45) is 0 Å². The lowest BCUT2D eigenvalue weighted by Gasteiger charge is -2.13. The van der Waals surface area contributed by atoms with E-state index in [0.29, 0.717) is 12.6 Å². The molecule has 0 aliphatic heterocycles. The van der Waals surface area contributed by atoms with E-state index in [4.69, 9.17) is 16.3 Å². The van der Waals surface area contributed by atoms with Crippen LogP contribution in [-0.4, -0.2) is 6.04 Å². The molecule has 0 heterocycles. The van der Waals surface area contributed by atoms with Gasteiger partial charge in [-0.05, 0) is 48.7 Å². The van der Waals surface area contributed by atoms with Crippen molar-refractivity contribution in [3.63, 3.8) is 0 Å². The van der Waals surface area contributed by atoms with E-state index in [1.165, 1.54) is 18.4 Å². The summed E-state index contributed by atoms with van der Waals surface area (Å²) in [6, 6.07) is 14.6. The topological polar surface area (TPSA) is 21.3 Å². The Morgan fingerprint density at radius 1 is 1.14 bits per heavy atom. The Bertz CT molecular complexity index is 611. The molecule has 1 aliphatic rings. The summed E-state index contributed by atoms with van der Waals surface area (Å²) in [4.78, 5) is 0. The van der Waals surface area contributed by atoms with Crippen LogP contribution in [-0.2, 0) is 13.2 Å². The van der Waals surface area contributed by atoms with E-state index >= 15 is 0 Å². The molecule has 1 N–H and O–H groups in total. The summed E-state index contributed by atoms with van der Waals surface area (Å²) in [5.41, 5.74) is 2.30. The van der Waals surface area contributed by atoms with Gasteiger partial charge in [-0.15, -0.1) is 0 Å². The number of ether oxygens (including phenoxy) is 1. The zero-order chi connectivity index (χ0) is 14.7. The van der Waals surface area contributed by atoms with Crippen molar-refractivity contribution in [2.75, 3.05) is 0 Å². The average molecular weight is 367 g/mol. The van der Waals surface area contributed by atoms with Crippen LogP contribution in [0.1, 0.15) is 24.0 Å². The SMILES string of the molecule is Clc1ccc(COc2ccc(Br)cc2CNC2CC2)cc1. The molecule has 0 atom stereocenters. The van der Waals surface area contributed by atoms with Gasteiger partial charge in [-0.3, -0.25) is 0 Å². The van der Waals surface area contributed by atoms with Crippen LogP contribution in [0.25, 0.3) is 0 Å². The molecule has 0 radical (unpaired) electrons. The van der Waals surface area contributed by atoms with Gasteiger partial charge in [0.2, 0.25) is 0 Å². The fourth-order valence-corrected chi connectivity index (χ4v) is 2.64. The van der Waals surface area contributed by atoms with Crippen LogP contribution in [0, 0.1) is 0 Å². The molecule has 2 aromatic carbocycles. The molecule has 0 spiro atoms. The fraction of sp³-hybridized carbons (Fsp3) is 0.294. The van der Waals surface area contributed by atoms with E-state index < -0.39 is 0 Å². The summed E-state index contributed by atoms with van der Waals surface area (Å²) >= 11 is 9.42. The van der Waals surface area contributed by atoms with E-state index in [2.05, 4.69) is 27.3 Å². The first-order valence-corrected chi connectivity index (χ1v) is 8.27. The third kappa shape index (κ3) is 4.47. The van der Waals surface area contributed by atoms with E-state index in [1.54, 1.807) is 0 Å². The first-order valence-electron chi connectivity index (χ1n) is 7.10. The molecule has 1 saturated carbocycles. The first-order chi connectivity index (χ1) is 10.2. The summed E-state index contributed by atoms with van der Waals surface area (Å²) in [6.07, 6.45) is 2.57. The quantitative estimate of drug-likeness (QED) is 0.782. The summed E-state index contributed by atoms with van der Waals surface area (Å²) in [7, 11) is 0. The van der Waals surface area contributed by atoms with Gasteiger partial charge in [0.1, 0.15) is 12.4 Å². The highest BCUT2D eigenvalue weighted by Gasteiger charge is 2.20. The maximum Gasteiger partial charge on any atom is 0.124 e. The van der Waals surface area contributed by atoms with Crippen LogP contribution in [0.15, 0.2) is 46.9 Å². The minimum absolute atomic E-state index is 0.551. The molecule has 110 valence electrons. The predicted molar refractivity (Wildman–Crippen MR) is 89.8 cm³/mol. The van der Waals surface area contributed by atoms with E-state index in [9.17, 15) is 0 Å². The molecule has 1 aliphatic carbocycles. The number of hydrogen-bond acceptors (Lipinski definition) is 2. The van der Waals surface area contributed by atoms with Crippen molar-refractivity contribution in [3.05, 3.63) is 63.1 Å². The van der Waals surface area contributed by atoms with Crippen LogP contribution in [0.4, 0.5) is 0 Å². The second-order valence-corrected chi connectivity index (χ2v) is 6.67. The number of halogens is 2. The zero-order valence-corrected chi connectivity index (χ0v) is 14.0. The second-order valence-electron chi connectivity index (χ2n) is 5.32. The van der Waals surface area contributed by atoms with Gasteiger partial charge in [0, 0.05) is 27.6 Å². The highest BCUT2D eigenvalue weighted by atomic mass is 79.9. The largest absolute Gasteiger partial charge is 0.489 e. The molecule has 0 saturated heterocycles. The number of rotatable bonds is 6. The Balaban J connectivity index is 1.66. The minimum Gasteiger partial charge on any atom is -0.489 e. The monoisotopic (exact) mass is 365 g/mol. The lowest BCUT2D eigenvalue weighted by molar-refractivity contribution is 0.302. The van der Waals surface area contributed by atoms with Gasteiger partial charge < -0.3 is 10.1 Å². The van der Waals surface area contributed by atoms with Gasteiger partial charge in [-0.2, -0.15) is 0 Å². The number of hydrogen-bond donors (Lipinski definition) is 1. The van der Waals surface area contributed by atoms with Crippen LogP contribution < -0.4 is 10.1 Å². The van der Waals surface area contributed by atoms with Crippen molar-refractivity contribution >= 4 is 27.5 Å². The standard InChI is InChI=1S/C17H17BrClNO/c18-14-3-8-17(13(9-14)10-20-16-6-7-16)21-11-12-1-4-15(19)5-2-12/h1-5,8-9,16,20H,6-7,10-11H2. The smallest absolute Gasteiger partial charge is 0.124 e. The fourth-order valence-electron chi connectivity index (χ4n) is 2.11. The molecule has 2 aromatic rings. The van der Waals surface area contributed by atoms with Gasteiger partial charge in [-0.25, -0.2) is 0 Å². The highest BCUT2D eigenvalue weighted by Crippen LogP contribution is 2.26. The van der Waals surface area contributed by atoms with Crippen molar-refractivity contribution in [1.82, 2.24) is 5.32 Å². The Morgan fingerprint density at radius 2 is 1.90 bits per heavy atom. The summed E-state index contributed by atoms with van der Waals surface area (Å²) in [5, 5.41) is 4.27. The number of nitrogens with one attached hydrogen (secondary N) is 1. The van der Waals surface area contributed by atoms with Crippen LogP contribution in [0.5, 0.6) is 5.75 Å². The molecule has 2 nitrogen and oxygen atoms in total. The molecular weight excluding hydrogens is 350 g/mol. The molecule has 4 heteroatoms. The maximum atomic E-state index is 5.97. The first kappa shape index (κ1) is 14.9. The molecule has 1 fully saturated rings. The second kappa shape index (κ2) is 6.82. The normalized spacial score (nSPS) is 14.2. The van der Waals surface area contributed by atoms with E-state index in [-0.39, 0.29) is 0 Å². The molecule has 0 amide bonds. The highest BCUT2D eigenvalue weighted by molar-refractivity contribution is 9.10. The Hall–Kier alpha value is -1.03. The van der Waals surface area contributed by atoms with Crippen molar-refractivity contribution in [2.45, 2.75) is 32.0 Å². The summed E-state index contributed by atoms with van der Waals surface area (Å²) < 4.78 is 7.04. The Labute approximate surface area is 138 Å². The van der Waals surface area contributed by atoms with Crippen LogP contribution in [0.3, 0.4) is 0 Å². The molecule has 0 bridgehead atoms. The zero-order valence-electron chi connectivity index (χ0n) is 11.6. The third-order valence-electron chi connectivity index (χ3n) is 3.49. The molecule has 3 rings (SSSR count). The van der Waals surface area contributed by atoms with Gasteiger partial charge in [0.15, 0.2) is 0 Å². The maximum absolute atomic E-state index is 5.97. The Kier molecular flexibility index (Phi) is 4.84.